The summed E-state index contributed by atoms with van der Waals surface area (Å²) in [6.07, 6.45) is 2.72. The first kappa shape index (κ1) is 14.8. The molecule has 2 aromatic rings. The van der Waals surface area contributed by atoms with Crippen LogP contribution in [-0.4, -0.2) is 27.8 Å². The van der Waals surface area contributed by atoms with E-state index >= 15 is 0 Å². The molecule has 0 aliphatic carbocycles. The maximum atomic E-state index is 12.3. The summed E-state index contributed by atoms with van der Waals surface area (Å²) >= 11 is 11.6. The van der Waals surface area contributed by atoms with Gasteiger partial charge in [-0.1, -0.05) is 35.3 Å². The van der Waals surface area contributed by atoms with Gasteiger partial charge in [0.15, 0.2) is 0 Å². The van der Waals surface area contributed by atoms with Crippen LogP contribution in [0.25, 0.3) is 0 Å². The van der Waals surface area contributed by atoms with Crippen molar-refractivity contribution in [2.24, 2.45) is 0 Å². The predicted molar refractivity (Wildman–Crippen MR) is 79.0 cm³/mol. The second-order valence-electron chi connectivity index (χ2n) is 4.37. The van der Waals surface area contributed by atoms with Crippen molar-refractivity contribution in [3.05, 3.63) is 58.1 Å². The van der Waals surface area contributed by atoms with Gasteiger partial charge in [0.2, 0.25) is 0 Å². The summed E-state index contributed by atoms with van der Waals surface area (Å²) in [4.78, 5) is 21.7. The molecular formula is C14H13Cl2N3O. The first-order valence-electron chi connectivity index (χ1n) is 5.99. The summed E-state index contributed by atoms with van der Waals surface area (Å²) < 4.78 is 0. The largest absolute Gasteiger partial charge is 0.334 e. The molecule has 0 bridgehead atoms. The van der Waals surface area contributed by atoms with Crippen LogP contribution in [0.15, 0.2) is 36.7 Å². The lowest BCUT2D eigenvalue weighted by atomic mass is 10.1. The van der Waals surface area contributed by atoms with Crippen molar-refractivity contribution in [1.29, 1.82) is 0 Å². The fraction of sp³-hybridized carbons (Fsp3) is 0.214. The van der Waals surface area contributed by atoms with Crippen molar-refractivity contribution in [2.45, 2.75) is 13.0 Å². The molecule has 0 saturated carbocycles. The van der Waals surface area contributed by atoms with E-state index < -0.39 is 0 Å². The van der Waals surface area contributed by atoms with Gasteiger partial charge < -0.3 is 4.90 Å². The van der Waals surface area contributed by atoms with Crippen LogP contribution in [-0.2, 0) is 0 Å². The lowest BCUT2D eigenvalue weighted by molar-refractivity contribution is 0.0736. The fourth-order valence-electron chi connectivity index (χ4n) is 1.77. The normalized spacial score (nSPS) is 12.0. The lowest BCUT2D eigenvalue weighted by Crippen LogP contribution is -2.30. The average molecular weight is 310 g/mol. The van der Waals surface area contributed by atoms with E-state index in [1.165, 1.54) is 12.4 Å². The number of carbonyl (C=O) groups is 1. The Hall–Kier alpha value is -1.65. The number of amides is 1. The minimum Gasteiger partial charge on any atom is -0.334 e. The summed E-state index contributed by atoms with van der Waals surface area (Å²) in [5.41, 5.74) is 1.21. The van der Waals surface area contributed by atoms with Crippen LogP contribution in [0, 0.1) is 0 Å². The van der Waals surface area contributed by atoms with Crippen LogP contribution in [0.2, 0.25) is 10.2 Å². The van der Waals surface area contributed by atoms with Gasteiger partial charge in [-0.05, 0) is 24.6 Å². The number of aromatic nitrogens is 2. The van der Waals surface area contributed by atoms with Crippen molar-refractivity contribution in [3.8, 4) is 0 Å². The zero-order chi connectivity index (χ0) is 14.7. The first-order chi connectivity index (χ1) is 9.49. The minimum absolute atomic E-state index is 0.126. The van der Waals surface area contributed by atoms with E-state index in [1.54, 1.807) is 18.0 Å². The van der Waals surface area contributed by atoms with Crippen molar-refractivity contribution < 1.29 is 4.79 Å². The topological polar surface area (TPSA) is 46.1 Å². The molecule has 0 aliphatic heterocycles. The molecule has 20 heavy (non-hydrogen) atoms. The van der Waals surface area contributed by atoms with Crippen molar-refractivity contribution in [1.82, 2.24) is 14.9 Å². The van der Waals surface area contributed by atoms with E-state index in [1.807, 2.05) is 25.1 Å². The molecule has 1 aromatic heterocycles. The maximum absolute atomic E-state index is 12.3. The molecule has 1 heterocycles. The maximum Gasteiger partial charge on any atom is 0.274 e. The standard InChI is InChI=1S/C14H13Cl2N3O/c1-9(10-4-3-5-11(15)6-10)19(2)14(20)12-7-18-13(16)8-17-12/h3-9H,1-2H3. The Morgan fingerprint density at radius 1 is 1.25 bits per heavy atom. The van der Waals surface area contributed by atoms with Crippen LogP contribution < -0.4 is 0 Å². The molecule has 104 valence electrons. The molecule has 4 nitrogen and oxygen atoms in total. The fourth-order valence-corrected chi connectivity index (χ4v) is 2.07. The van der Waals surface area contributed by atoms with Gasteiger partial charge in [-0.3, -0.25) is 4.79 Å². The van der Waals surface area contributed by atoms with Gasteiger partial charge in [0.25, 0.3) is 5.91 Å². The molecule has 0 radical (unpaired) electrons. The van der Waals surface area contributed by atoms with E-state index in [2.05, 4.69) is 9.97 Å². The van der Waals surface area contributed by atoms with E-state index in [9.17, 15) is 4.79 Å². The highest BCUT2D eigenvalue weighted by molar-refractivity contribution is 6.30. The Bertz CT molecular complexity index is 616. The monoisotopic (exact) mass is 309 g/mol. The molecule has 0 aliphatic rings. The number of nitrogens with zero attached hydrogens (tertiary/aromatic N) is 3. The molecule has 6 heteroatoms. The molecule has 1 aromatic carbocycles. The molecule has 1 unspecified atom stereocenters. The molecule has 0 saturated heterocycles. The molecule has 1 atom stereocenters. The summed E-state index contributed by atoms with van der Waals surface area (Å²) in [6.45, 7) is 1.92. The molecule has 1 amide bonds. The number of hydrogen-bond acceptors (Lipinski definition) is 3. The Morgan fingerprint density at radius 2 is 2.00 bits per heavy atom. The quantitative estimate of drug-likeness (QED) is 0.870. The Morgan fingerprint density at radius 3 is 2.60 bits per heavy atom. The SMILES string of the molecule is CC(c1cccc(Cl)c1)N(C)C(=O)c1cnc(Cl)cn1. The summed E-state index contributed by atoms with van der Waals surface area (Å²) in [5.74, 6) is -0.221. The molecule has 2 rings (SSSR count). The van der Waals surface area contributed by atoms with E-state index in [-0.39, 0.29) is 22.8 Å². The number of hydrogen-bond donors (Lipinski definition) is 0. The summed E-state index contributed by atoms with van der Waals surface area (Å²) in [5, 5.41) is 0.897. The zero-order valence-electron chi connectivity index (χ0n) is 11.0. The lowest BCUT2D eigenvalue weighted by Gasteiger charge is -2.25. The van der Waals surface area contributed by atoms with E-state index in [4.69, 9.17) is 23.2 Å². The third kappa shape index (κ3) is 3.26. The highest BCUT2D eigenvalue weighted by Crippen LogP contribution is 2.22. The molecule has 0 spiro atoms. The highest BCUT2D eigenvalue weighted by Gasteiger charge is 2.20. The third-order valence-corrected chi connectivity index (χ3v) is 3.50. The number of rotatable bonds is 3. The molecule has 0 fully saturated rings. The van der Waals surface area contributed by atoms with Crippen LogP contribution >= 0.6 is 23.2 Å². The van der Waals surface area contributed by atoms with E-state index in [0.29, 0.717) is 5.02 Å². The van der Waals surface area contributed by atoms with Gasteiger partial charge in [0, 0.05) is 12.1 Å². The first-order valence-corrected chi connectivity index (χ1v) is 6.75. The number of benzene rings is 1. The molecular weight excluding hydrogens is 297 g/mol. The molecule has 0 N–H and O–H groups in total. The predicted octanol–water partition coefficient (Wildman–Crippen LogP) is 3.62. The second-order valence-corrected chi connectivity index (χ2v) is 5.20. The van der Waals surface area contributed by atoms with Gasteiger partial charge in [-0.2, -0.15) is 0 Å². The smallest absolute Gasteiger partial charge is 0.274 e. The van der Waals surface area contributed by atoms with Crippen molar-refractivity contribution in [2.75, 3.05) is 7.05 Å². The van der Waals surface area contributed by atoms with Crippen molar-refractivity contribution >= 4 is 29.1 Å². The van der Waals surface area contributed by atoms with Crippen LogP contribution in [0.3, 0.4) is 0 Å². The van der Waals surface area contributed by atoms with Gasteiger partial charge in [-0.15, -0.1) is 0 Å². The van der Waals surface area contributed by atoms with Crippen LogP contribution in [0.1, 0.15) is 29.0 Å². The summed E-state index contributed by atoms with van der Waals surface area (Å²) in [6, 6.07) is 7.29. The number of carbonyl (C=O) groups excluding carboxylic acids is 1. The van der Waals surface area contributed by atoms with Gasteiger partial charge >= 0.3 is 0 Å². The Labute approximate surface area is 127 Å². The Kier molecular flexibility index (Phi) is 4.57. The highest BCUT2D eigenvalue weighted by atomic mass is 35.5. The van der Waals surface area contributed by atoms with Gasteiger partial charge in [-0.25, -0.2) is 9.97 Å². The van der Waals surface area contributed by atoms with Crippen molar-refractivity contribution in [3.63, 3.8) is 0 Å². The van der Waals surface area contributed by atoms with Gasteiger partial charge in [0.1, 0.15) is 10.8 Å². The Balaban J connectivity index is 2.20. The average Bonchev–Trinajstić information content (AvgIpc) is 2.46. The minimum atomic E-state index is -0.221. The number of halogens is 2. The van der Waals surface area contributed by atoms with Crippen LogP contribution in [0.4, 0.5) is 0 Å². The third-order valence-electron chi connectivity index (χ3n) is 3.07. The van der Waals surface area contributed by atoms with Gasteiger partial charge in [0.05, 0.1) is 18.4 Å². The summed E-state index contributed by atoms with van der Waals surface area (Å²) in [7, 11) is 1.71. The zero-order valence-corrected chi connectivity index (χ0v) is 12.6. The van der Waals surface area contributed by atoms with Crippen LogP contribution in [0.5, 0.6) is 0 Å². The van der Waals surface area contributed by atoms with E-state index in [0.717, 1.165) is 5.56 Å². The second kappa shape index (κ2) is 6.20.